The minimum atomic E-state index is 0. The number of nitrogens with one attached hydrogen (secondary N) is 2. The molecule has 5 nitrogen and oxygen atoms in total. The molecule has 0 bridgehead atoms. The van der Waals surface area contributed by atoms with Crippen LogP contribution in [-0.4, -0.2) is 24.7 Å². The summed E-state index contributed by atoms with van der Waals surface area (Å²) in [5.74, 6) is 2.49. The maximum atomic E-state index is 5.36. The number of nitrogens with zero attached hydrogens (tertiary/aromatic N) is 2. The molecule has 0 atom stereocenters. The summed E-state index contributed by atoms with van der Waals surface area (Å²) in [5.41, 5.74) is 2.20. The zero-order valence-corrected chi connectivity index (χ0v) is 16.2. The van der Waals surface area contributed by atoms with E-state index in [1.807, 2.05) is 0 Å². The number of rotatable bonds is 7. The van der Waals surface area contributed by atoms with E-state index in [4.69, 9.17) is 4.52 Å². The Morgan fingerprint density at radius 1 is 1.24 bits per heavy atom. The Hall–Kier alpha value is -0.790. The van der Waals surface area contributed by atoms with E-state index in [2.05, 4.69) is 48.5 Å². The minimum Gasteiger partial charge on any atom is -0.361 e. The van der Waals surface area contributed by atoms with Gasteiger partial charge in [0.1, 0.15) is 5.76 Å². The molecule has 0 unspecified atom stereocenters. The zero-order valence-electron chi connectivity index (χ0n) is 13.8. The molecule has 1 heterocycles. The highest BCUT2D eigenvalue weighted by atomic mass is 127. The van der Waals surface area contributed by atoms with Gasteiger partial charge in [0.15, 0.2) is 5.96 Å². The molecule has 2 N–H and O–H groups in total. The van der Waals surface area contributed by atoms with Gasteiger partial charge in [-0.1, -0.05) is 32.9 Å². The highest BCUT2D eigenvalue weighted by molar-refractivity contribution is 14.0. The molecule has 6 heteroatoms. The van der Waals surface area contributed by atoms with Crippen molar-refractivity contribution in [3.8, 4) is 0 Å². The summed E-state index contributed by atoms with van der Waals surface area (Å²) in [5, 5.41) is 10.8. The van der Waals surface area contributed by atoms with Gasteiger partial charge in [0.25, 0.3) is 0 Å². The van der Waals surface area contributed by atoms with Crippen LogP contribution in [0.3, 0.4) is 0 Å². The third-order valence-corrected chi connectivity index (χ3v) is 3.28. The van der Waals surface area contributed by atoms with Crippen LogP contribution in [-0.2, 0) is 19.4 Å². The summed E-state index contributed by atoms with van der Waals surface area (Å²) >= 11 is 0. The number of guanidine groups is 1. The lowest BCUT2D eigenvalue weighted by atomic mass is 10.1. The van der Waals surface area contributed by atoms with Gasteiger partial charge in [-0.3, -0.25) is 4.99 Å². The standard InChI is InChI=1S/C15H28N4O.HI/c1-6-13-12(14(7-2)20-19-13)10-18-15(16-5)17-9-8-11(3)4;/h11H,6-10H2,1-5H3,(H2,16,17,18);1H. The van der Waals surface area contributed by atoms with Crippen LogP contribution in [0.1, 0.15) is 51.1 Å². The number of aromatic nitrogens is 1. The van der Waals surface area contributed by atoms with Gasteiger partial charge in [0.05, 0.1) is 5.69 Å². The molecule has 0 aliphatic carbocycles. The van der Waals surface area contributed by atoms with Crippen molar-refractivity contribution in [1.82, 2.24) is 15.8 Å². The molecule has 0 saturated heterocycles. The minimum absolute atomic E-state index is 0. The summed E-state index contributed by atoms with van der Waals surface area (Å²) < 4.78 is 5.36. The Morgan fingerprint density at radius 2 is 1.95 bits per heavy atom. The Labute approximate surface area is 145 Å². The lowest BCUT2D eigenvalue weighted by molar-refractivity contribution is 0.380. The zero-order chi connectivity index (χ0) is 15.0. The van der Waals surface area contributed by atoms with Crippen molar-refractivity contribution in [2.75, 3.05) is 13.6 Å². The Morgan fingerprint density at radius 3 is 2.48 bits per heavy atom. The first-order chi connectivity index (χ1) is 9.62. The van der Waals surface area contributed by atoms with Crippen LogP contribution in [0.5, 0.6) is 0 Å². The van der Waals surface area contributed by atoms with Crippen LogP contribution in [0.15, 0.2) is 9.52 Å². The maximum Gasteiger partial charge on any atom is 0.191 e. The summed E-state index contributed by atoms with van der Waals surface area (Å²) in [6.45, 7) is 10.3. The first-order valence-corrected chi connectivity index (χ1v) is 7.53. The van der Waals surface area contributed by atoms with E-state index in [9.17, 15) is 0 Å². The van der Waals surface area contributed by atoms with E-state index in [-0.39, 0.29) is 24.0 Å². The van der Waals surface area contributed by atoms with E-state index < -0.39 is 0 Å². The SMILES string of the molecule is CCc1noc(CC)c1CNC(=NC)NCCC(C)C.I. The molecule has 1 aromatic rings. The Balaban J connectivity index is 0.00000400. The average Bonchev–Trinajstić information content (AvgIpc) is 2.84. The van der Waals surface area contributed by atoms with Crippen molar-refractivity contribution in [1.29, 1.82) is 0 Å². The van der Waals surface area contributed by atoms with Gasteiger partial charge in [-0.05, 0) is 18.8 Å². The quantitative estimate of drug-likeness (QED) is 0.414. The van der Waals surface area contributed by atoms with Crippen molar-refractivity contribution in [2.24, 2.45) is 10.9 Å². The van der Waals surface area contributed by atoms with Crippen LogP contribution in [0.25, 0.3) is 0 Å². The van der Waals surface area contributed by atoms with Crippen molar-refractivity contribution in [3.63, 3.8) is 0 Å². The van der Waals surface area contributed by atoms with Gasteiger partial charge in [0, 0.05) is 32.1 Å². The predicted molar refractivity (Wildman–Crippen MR) is 98.3 cm³/mol. The van der Waals surface area contributed by atoms with Gasteiger partial charge in [-0.2, -0.15) is 0 Å². The topological polar surface area (TPSA) is 62.5 Å². The molecular formula is C15H29IN4O. The van der Waals surface area contributed by atoms with Crippen LogP contribution >= 0.6 is 24.0 Å². The highest BCUT2D eigenvalue weighted by Crippen LogP contribution is 2.15. The summed E-state index contributed by atoms with van der Waals surface area (Å²) in [6, 6.07) is 0. The van der Waals surface area contributed by atoms with Gasteiger partial charge in [-0.25, -0.2) is 0 Å². The predicted octanol–water partition coefficient (Wildman–Crippen LogP) is 3.13. The van der Waals surface area contributed by atoms with Gasteiger partial charge < -0.3 is 15.2 Å². The average molecular weight is 408 g/mol. The van der Waals surface area contributed by atoms with Gasteiger partial charge in [0.2, 0.25) is 0 Å². The molecule has 1 aromatic heterocycles. The molecule has 0 fully saturated rings. The molecule has 0 spiro atoms. The molecule has 1 rings (SSSR count). The number of aryl methyl sites for hydroxylation is 2. The number of hydrogen-bond acceptors (Lipinski definition) is 3. The number of halogens is 1. The van der Waals surface area contributed by atoms with E-state index in [0.29, 0.717) is 12.5 Å². The largest absolute Gasteiger partial charge is 0.361 e. The molecule has 0 aliphatic heterocycles. The number of hydrogen-bond donors (Lipinski definition) is 2. The number of aliphatic imine (C=N–C) groups is 1. The molecule has 122 valence electrons. The summed E-state index contributed by atoms with van der Waals surface area (Å²) in [6.07, 6.45) is 2.89. The van der Waals surface area contributed by atoms with Crippen molar-refractivity contribution >= 4 is 29.9 Å². The fourth-order valence-electron chi connectivity index (χ4n) is 2.01. The third kappa shape index (κ3) is 6.67. The molecule has 0 aromatic carbocycles. The molecule has 0 amide bonds. The molecule has 0 saturated carbocycles. The normalized spacial score (nSPS) is 11.4. The van der Waals surface area contributed by atoms with Crippen molar-refractivity contribution < 1.29 is 4.52 Å². The molecule has 21 heavy (non-hydrogen) atoms. The Kier molecular flexibility index (Phi) is 10.5. The lowest BCUT2D eigenvalue weighted by Gasteiger charge is -2.13. The van der Waals surface area contributed by atoms with Crippen molar-refractivity contribution in [2.45, 2.75) is 53.5 Å². The van der Waals surface area contributed by atoms with E-state index in [1.54, 1.807) is 7.05 Å². The second kappa shape index (κ2) is 10.9. The van der Waals surface area contributed by atoms with E-state index >= 15 is 0 Å². The van der Waals surface area contributed by atoms with Crippen molar-refractivity contribution in [3.05, 3.63) is 17.0 Å². The first kappa shape index (κ1) is 20.2. The Bertz CT molecular complexity index is 408. The molecule has 0 radical (unpaired) electrons. The molecule has 0 aliphatic rings. The van der Waals surface area contributed by atoms with E-state index in [0.717, 1.165) is 43.2 Å². The third-order valence-electron chi connectivity index (χ3n) is 3.28. The van der Waals surface area contributed by atoms with Crippen LogP contribution < -0.4 is 10.6 Å². The first-order valence-electron chi connectivity index (χ1n) is 7.53. The maximum absolute atomic E-state index is 5.36. The highest BCUT2D eigenvalue weighted by Gasteiger charge is 2.13. The van der Waals surface area contributed by atoms with E-state index in [1.165, 1.54) is 5.56 Å². The summed E-state index contributed by atoms with van der Waals surface area (Å²) in [4.78, 5) is 4.24. The fourth-order valence-corrected chi connectivity index (χ4v) is 2.01. The lowest BCUT2D eigenvalue weighted by Crippen LogP contribution is -2.37. The fraction of sp³-hybridized carbons (Fsp3) is 0.733. The smallest absolute Gasteiger partial charge is 0.191 e. The van der Waals surface area contributed by atoms with Crippen LogP contribution in [0.4, 0.5) is 0 Å². The van der Waals surface area contributed by atoms with Crippen LogP contribution in [0.2, 0.25) is 0 Å². The monoisotopic (exact) mass is 408 g/mol. The summed E-state index contributed by atoms with van der Waals surface area (Å²) in [7, 11) is 1.79. The van der Waals surface area contributed by atoms with Gasteiger partial charge >= 0.3 is 0 Å². The molecular weight excluding hydrogens is 379 g/mol. The van der Waals surface area contributed by atoms with Gasteiger partial charge in [-0.15, -0.1) is 24.0 Å². The second-order valence-corrected chi connectivity index (χ2v) is 5.27. The van der Waals surface area contributed by atoms with Crippen LogP contribution in [0, 0.1) is 5.92 Å². The second-order valence-electron chi connectivity index (χ2n) is 5.27.